The predicted octanol–water partition coefficient (Wildman–Crippen LogP) is 2.94. The minimum Gasteiger partial charge on any atom is -0.369 e. The van der Waals surface area contributed by atoms with Crippen molar-refractivity contribution < 1.29 is 0 Å². The lowest BCUT2D eigenvalue weighted by molar-refractivity contribution is 0.425. The van der Waals surface area contributed by atoms with Crippen LogP contribution in [0.4, 0.5) is 11.8 Å². The molecule has 0 fully saturated rings. The predicted molar refractivity (Wildman–Crippen MR) is 93.3 cm³/mol. The van der Waals surface area contributed by atoms with E-state index in [1.807, 2.05) is 24.3 Å². The highest BCUT2D eigenvalue weighted by Gasteiger charge is 2.07. The third-order valence-corrected chi connectivity index (χ3v) is 3.08. The van der Waals surface area contributed by atoms with Gasteiger partial charge >= 0.3 is 0 Å². The molecule has 118 valence electrons. The molecule has 0 saturated carbocycles. The van der Waals surface area contributed by atoms with Crippen molar-refractivity contribution in [3.63, 3.8) is 0 Å². The van der Waals surface area contributed by atoms with Gasteiger partial charge in [0.05, 0.1) is 5.69 Å². The molecule has 0 saturated heterocycles. The van der Waals surface area contributed by atoms with Crippen LogP contribution in [0.5, 0.6) is 0 Å². The van der Waals surface area contributed by atoms with Crippen LogP contribution in [-0.4, -0.2) is 48.1 Å². The number of nitrogens with zero attached hydrogens (tertiary/aromatic N) is 3. The Labute approximate surface area is 132 Å². The lowest BCUT2D eigenvalue weighted by Crippen LogP contribution is -2.21. The molecule has 1 heterocycles. The largest absolute Gasteiger partial charge is 0.369 e. The molecule has 5 nitrogen and oxygen atoms in total. The Hall–Kier alpha value is -2.14. The van der Waals surface area contributed by atoms with E-state index in [1.54, 1.807) is 0 Å². The molecule has 0 atom stereocenters. The number of nitrogens with one attached hydrogen (secondary N) is 2. The van der Waals surface area contributed by atoms with Crippen molar-refractivity contribution in [2.75, 3.05) is 37.8 Å². The van der Waals surface area contributed by atoms with Crippen LogP contribution >= 0.6 is 0 Å². The molecule has 0 radical (unpaired) electrons. The summed E-state index contributed by atoms with van der Waals surface area (Å²) in [5, 5.41) is 6.65. The lowest BCUT2D eigenvalue weighted by Gasteiger charge is -2.14. The van der Waals surface area contributed by atoms with Crippen LogP contribution in [0.1, 0.15) is 13.8 Å². The van der Waals surface area contributed by atoms with Gasteiger partial charge < -0.3 is 15.5 Å². The average Bonchev–Trinajstić information content (AvgIpc) is 2.47. The van der Waals surface area contributed by atoms with E-state index in [0.717, 1.165) is 30.2 Å². The highest BCUT2D eigenvalue weighted by molar-refractivity contribution is 5.64. The first kappa shape index (κ1) is 16.2. The fourth-order valence-corrected chi connectivity index (χ4v) is 2.02. The number of aromatic nitrogens is 2. The zero-order valence-corrected chi connectivity index (χ0v) is 13.8. The summed E-state index contributed by atoms with van der Waals surface area (Å²) in [4.78, 5) is 11.3. The van der Waals surface area contributed by atoms with E-state index in [2.05, 4.69) is 65.6 Å². The summed E-state index contributed by atoms with van der Waals surface area (Å²) in [5.41, 5.74) is 2.01. The summed E-state index contributed by atoms with van der Waals surface area (Å²) in [6.45, 7) is 5.96. The first-order valence-electron chi connectivity index (χ1n) is 7.64. The molecule has 0 amide bonds. The van der Waals surface area contributed by atoms with Gasteiger partial charge in [0, 0.05) is 30.8 Å². The first-order valence-corrected chi connectivity index (χ1v) is 7.64. The minimum absolute atomic E-state index is 0.292. The molecule has 5 heteroatoms. The van der Waals surface area contributed by atoms with Crippen LogP contribution in [0, 0.1) is 0 Å². The van der Waals surface area contributed by atoms with E-state index in [-0.39, 0.29) is 0 Å². The van der Waals surface area contributed by atoms with Crippen molar-refractivity contribution in [1.82, 2.24) is 14.9 Å². The molecule has 2 N–H and O–H groups in total. The Kier molecular flexibility index (Phi) is 5.72. The van der Waals surface area contributed by atoms with Gasteiger partial charge in [-0.2, -0.15) is 4.98 Å². The normalized spacial score (nSPS) is 11.0. The third kappa shape index (κ3) is 5.00. The van der Waals surface area contributed by atoms with Gasteiger partial charge in [0.25, 0.3) is 0 Å². The van der Waals surface area contributed by atoms with Crippen LogP contribution in [0.25, 0.3) is 11.3 Å². The molecule has 22 heavy (non-hydrogen) atoms. The number of anilines is 2. The van der Waals surface area contributed by atoms with E-state index in [1.165, 1.54) is 0 Å². The van der Waals surface area contributed by atoms with Crippen LogP contribution < -0.4 is 10.6 Å². The number of benzene rings is 1. The summed E-state index contributed by atoms with van der Waals surface area (Å²) in [6, 6.07) is 12.5. The van der Waals surface area contributed by atoms with Gasteiger partial charge in [-0.15, -0.1) is 0 Å². The van der Waals surface area contributed by atoms with Gasteiger partial charge in [-0.3, -0.25) is 0 Å². The third-order valence-electron chi connectivity index (χ3n) is 3.08. The van der Waals surface area contributed by atoms with Gasteiger partial charge in [-0.05, 0) is 27.9 Å². The van der Waals surface area contributed by atoms with E-state index < -0.39 is 0 Å². The van der Waals surface area contributed by atoms with Crippen LogP contribution in [0.15, 0.2) is 36.4 Å². The van der Waals surface area contributed by atoms with Crippen molar-refractivity contribution in [3.05, 3.63) is 36.4 Å². The van der Waals surface area contributed by atoms with Crippen molar-refractivity contribution in [2.24, 2.45) is 0 Å². The molecule has 0 spiro atoms. The van der Waals surface area contributed by atoms with Gasteiger partial charge in [0.1, 0.15) is 5.82 Å². The molecule has 2 aromatic rings. The molecule has 1 aromatic heterocycles. The fraction of sp³-hybridized carbons (Fsp3) is 0.412. The highest BCUT2D eigenvalue weighted by Crippen LogP contribution is 2.21. The topological polar surface area (TPSA) is 53.1 Å². The van der Waals surface area contributed by atoms with Crippen molar-refractivity contribution in [1.29, 1.82) is 0 Å². The van der Waals surface area contributed by atoms with Crippen LogP contribution in [0.2, 0.25) is 0 Å². The number of rotatable bonds is 7. The molecular weight excluding hydrogens is 274 g/mol. The SMILES string of the molecule is CC(C)Nc1nc(NCCN(C)C)cc(-c2ccccc2)n1. The second-order valence-corrected chi connectivity index (χ2v) is 5.86. The molecule has 0 bridgehead atoms. The summed E-state index contributed by atoms with van der Waals surface area (Å²) in [7, 11) is 4.12. The highest BCUT2D eigenvalue weighted by atomic mass is 15.2. The number of hydrogen-bond acceptors (Lipinski definition) is 5. The second kappa shape index (κ2) is 7.75. The quantitative estimate of drug-likeness (QED) is 0.823. The van der Waals surface area contributed by atoms with Crippen molar-refractivity contribution in [3.8, 4) is 11.3 Å². The Balaban J connectivity index is 2.24. The van der Waals surface area contributed by atoms with Crippen LogP contribution in [0.3, 0.4) is 0 Å². The average molecular weight is 299 g/mol. The molecule has 0 aliphatic heterocycles. The fourth-order valence-electron chi connectivity index (χ4n) is 2.02. The van der Waals surface area contributed by atoms with Gasteiger partial charge in [-0.1, -0.05) is 30.3 Å². The van der Waals surface area contributed by atoms with Crippen molar-refractivity contribution >= 4 is 11.8 Å². The van der Waals surface area contributed by atoms with E-state index in [9.17, 15) is 0 Å². The number of likely N-dealkylation sites (N-methyl/N-ethyl adjacent to an activating group) is 1. The van der Waals surface area contributed by atoms with Gasteiger partial charge in [0.2, 0.25) is 5.95 Å². The standard InChI is InChI=1S/C17H25N5/c1-13(2)19-17-20-15(14-8-6-5-7-9-14)12-16(21-17)18-10-11-22(3)4/h5-9,12-13H,10-11H2,1-4H3,(H2,18,19,20,21). The minimum atomic E-state index is 0.292. The maximum atomic E-state index is 4.61. The zero-order valence-electron chi connectivity index (χ0n) is 13.8. The summed E-state index contributed by atoms with van der Waals surface area (Å²) < 4.78 is 0. The van der Waals surface area contributed by atoms with Crippen molar-refractivity contribution in [2.45, 2.75) is 19.9 Å². The maximum Gasteiger partial charge on any atom is 0.225 e. The molecule has 0 aliphatic carbocycles. The lowest BCUT2D eigenvalue weighted by atomic mass is 10.1. The smallest absolute Gasteiger partial charge is 0.225 e. The molecule has 1 aromatic carbocycles. The number of hydrogen-bond donors (Lipinski definition) is 2. The first-order chi connectivity index (χ1) is 10.5. The van der Waals surface area contributed by atoms with Gasteiger partial charge in [0.15, 0.2) is 0 Å². The molecule has 0 aliphatic rings. The van der Waals surface area contributed by atoms with E-state index >= 15 is 0 Å². The zero-order chi connectivity index (χ0) is 15.9. The summed E-state index contributed by atoms with van der Waals surface area (Å²) >= 11 is 0. The maximum absolute atomic E-state index is 4.61. The molecule has 2 rings (SSSR count). The monoisotopic (exact) mass is 299 g/mol. The van der Waals surface area contributed by atoms with E-state index in [4.69, 9.17) is 0 Å². The Bertz CT molecular complexity index is 581. The second-order valence-electron chi connectivity index (χ2n) is 5.86. The molecular formula is C17H25N5. The Morgan fingerprint density at radius 3 is 2.45 bits per heavy atom. The summed E-state index contributed by atoms with van der Waals surface area (Å²) in [5.74, 6) is 1.50. The Morgan fingerprint density at radius 1 is 1.09 bits per heavy atom. The van der Waals surface area contributed by atoms with Gasteiger partial charge in [-0.25, -0.2) is 4.98 Å². The molecule has 0 unspecified atom stereocenters. The summed E-state index contributed by atoms with van der Waals surface area (Å²) in [6.07, 6.45) is 0. The Morgan fingerprint density at radius 2 is 1.82 bits per heavy atom. The van der Waals surface area contributed by atoms with Crippen LogP contribution in [-0.2, 0) is 0 Å². The van der Waals surface area contributed by atoms with E-state index in [0.29, 0.717) is 12.0 Å².